The van der Waals surface area contributed by atoms with Gasteiger partial charge in [-0.05, 0) is 0 Å². The van der Waals surface area contributed by atoms with Crippen LogP contribution in [0.3, 0.4) is 0 Å². The van der Waals surface area contributed by atoms with Crippen LogP contribution in [0, 0.1) is 0 Å². The van der Waals surface area contributed by atoms with E-state index in [9.17, 15) is 9.59 Å². The van der Waals surface area contributed by atoms with Crippen LogP contribution in [0.15, 0.2) is 12.4 Å². The molecule has 12 heavy (non-hydrogen) atoms. The van der Waals surface area contributed by atoms with Crippen LogP contribution in [0.1, 0.15) is 21.0 Å². The number of aromatic nitrogens is 2. The number of nitrogens with zero attached hydrogens (tertiary/aromatic N) is 2. The molecule has 1 aromatic rings. The summed E-state index contributed by atoms with van der Waals surface area (Å²) in [6, 6.07) is 0. The number of rotatable bonds is 2. The fourth-order valence-corrected chi connectivity index (χ4v) is 0.664. The van der Waals surface area contributed by atoms with E-state index in [1.807, 2.05) is 0 Å². The Bertz CT molecular complexity index is 289. The quantitative estimate of drug-likeness (QED) is 0.644. The van der Waals surface area contributed by atoms with Gasteiger partial charge >= 0.3 is 5.97 Å². The van der Waals surface area contributed by atoms with Gasteiger partial charge in [0.2, 0.25) is 5.82 Å². The number of carbonyl (C=O) groups excluding carboxylic acids is 1. The first kappa shape index (κ1) is 8.66. The summed E-state index contributed by atoms with van der Waals surface area (Å²) in [6.45, 7) is 0. The molecule has 1 heterocycles. The van der Waals surface area contributed by atoms with Crippen molar-refractivity contribution in [3.63, 3.8) is 0 Å². The largest absolute Gasteiger partial charge is 0.478 e. The van der Waals surface area contributed by atoms with Crippen LogP contribution in [0.5, 0.6) is 0 Å². The van der Waals surface area contributed by atoms with Gasteiger partial charge in [0.25, 0.3) is 5.12 Å². The molecule has 0 unspecified atom stereocenters. The Morgan fingerprint density at radius 1 is 1.33 bits per heavy atom. The van der Waals surface area contributed by atoms with E-state index in [-0.39, 0.29) is 11.4 Å². The molecule has 0 aromatic carbocycles. The van der Waals surface area contributed by atoms with E-state index in [4.69, 9.17) is 5.11 Å². The monoisotopic (exact) mass is 184 g/mol. The molecule has 0 spiro atoms. The van der Waals surface area contributed by atoms with Crippen molar-refractivity contribution in [3.8, 4) is 0 Å². The highest BCUT2D eigenvalue weighted by Crippen LogP contribution is 1.98. The standard InChI is InChI=1S/C6H4N2O3S/c9-5(10)3-1-7-4(6(11)12)8-2-3/h1-2H,(H,9,10)(H,11,12). The predicted molar refractivity (Wildman–Crippen MR) is 42.3 cm³/mol. The minimum absolute atomic E-state index is 0.0617. The van der Waals surface area contributed by atoms with E-state index in [2.05, 4.69) is 22.6 Å². The molecule has 6 heteroatoms. The second-order valence-corrected chi connectivity index (χ2v) is 2.31. The summed E-state index contributed by atoms with van der Waals surface area (Å²) in [5, 5.41) is 7.84. The zero-order chi connectivity index (χ0) is 9.14. The normalized spacial score (nSPS) is 9.42. The van der Waals surface area contributed by atoms with Crippen molar-refractivity contribution >= 4 is 23.7 Å². The summed E-state index contributed by atoms with van der Waals surface area (Å²) in [4.78, 5) is 27.8. The molecule has 0 aliphatic carbocycles. The van der Waals surface area contributed by atoms with Crippen LogP contribution < -0.4 is 0 Å². The van der Waals surface area contributed by atoms with Gasteiger partial charge < -0.3 is 5.11 Å². The van der Waals surface area contributed by atoms with Crippen LogP contribution in [-0.2, 0) is 0 Å². The van der Waals surface area contributed by atoms with Crippen LogP contribution >= 0.6 is 12.6 Å². The Hall–Kier alpha value is -1.43. The molecule has 0 fully saturated rings. The Labute approximate surface area is 72.9 Å². The van der Waals surface area contributed by atoms with Gasteiger partial charge in [-0.2, -0.15) is 0 Å². The van der Waals surface area contributed by atoms with E-state index in [0.29, 0.717) is 0 Å². The van der Waals surface area contributed by atoms with Crippen LogP contribution in [0.2, 0.25) is 0 Å². The fraction of sp³-hybridized carbons (Fsp3) is 0. The maximum Gasteiger partial charge on any atom is 0.338 e. The number of thiol groups is 1. The number of hydrogen-bond donors (Lipinski definition) is 2. The Kier molecular flexibility index (Phi) is 2.39. The zero-order valence-corrected chi connectivity index (χ0v) is 6.65. The number of aromatic carboxylic acids is 1. The van der Waals surface area contributed by atoms with Crippen molar-refractivity contribution < 1.29 is 14.7 Å². The number of hydrogen-bond acceptors (Lipinski definition) is 4. The minimum Gasteiger partial charge on any atom is -0.478 e. The molecule has 0 atom stereocenters. The molecule has 5 nitrogen and oxygen atoms in total. The lowest BCUT2D eigenvalue weighted by Gasteiger charge is -1.93. The van der Waals surface area contributed by atoms with Gasteiger partial charge in [0.1, 0.15) is 0 Å². The second kappa shape index (κ2) is 3.31. The van der Waals surface area contributed by atoms with E-state index in [0.717, 1.165) is 12.4 Å². The second-order valence-electron chi connectivity index (χ2n) is 1.91. The minimum atomic E-state index is -1.13. The summed E-state index contributed by atoms with van der Waals surface area (Å²) in [5.41, 5.74) is -0.0617. The van der Waals surface area contributed by atoms with Crippen molar-refractivity contribution in [2.75, 3.05) is 0 Å². The van der Waals surface area contributed by atoms with E-state index < -0.39 is 11.1 Å². The Morgan fingerprint density at radius 2 is 1.83 bits per heavy atom. The highest BCUT2D eigenvalue weighted by molar-refractivity contribution is 7.97. The SMILES string of the molecule is O=C(O)c1cnc(C(=O)S)nc1. The van der Waals surface area contributed by atoms with Crippen LogP contribution in [0.4, 0.5) is 0 Å². The highest BCUT2D eigenvalue weighted by Gasteiger charge is 2.06. The molecular weight excluding hydrogens is 180 g/mol. The smallest absolute Gasteiger partial charge is 0.338 e. The molecule has 1 N–H and O–H groups in total. The lowest BCUT2D eigenvalue weighted by molar-refractivity contribution is 0.0695. The van der Waals surface area contributed by atoms with Crippen LogP contribution in [-0.4, -0.2) is 26.2 Å². The molecule has 0 saturated carbocycles. The molecule has 0 bridgehead atoms. The van der Waals surface area contributed by atoms with Gasteiger partial charge in [0.15, 0.2) is 0 Å². The first-order valence-corrected chi connectivity index (χ1v) is 3.34. The predicted octanol–water partition coefficient (Wildman–Crippen LogP) is 0.245. The molecule has 1 rings (SSSR count). The maximum atomic E-state index is 10.5. The molecule has 0 radical (unpaired) electrons. The third-order valence-corrected chi connectivity index (χ3v) is 1.29. The highest BCUT2D eigenvalue weighted by atomic mass is 32.1. The first-order chi connectivity index (χ1) is 5.61. The van der Waals surface area contributed by atoms with Crippen LogP contribution in [0.25, 0.3) is 0 Å². The molecule has 0 aliphatic heterocycles. The molecular formula is C6H4N2O3S. The first-order valence-electron chi connectivity index (χ1n) is 2.90. The third-order valence-electron chi connectivity index (χ3n) is 1.09. The molecule has 0 saturated heterocycles. The summed E-state index contributed by atoms with van der Waals surface area (Å²) in [5.74, 6) is -1.24. The van der Waals surface area contributed by atoms with Gasteiger partial charge in [0, 0.05) is 12.4 Å². The lowest BCUT2D eigenvalue weighted by Crippen LogP contribution is -2.03. The molecule has 0 aliphatic rings. The van der Waals surface area contributed by atoms with E-state index in [1.54, 1.807) is 0 Å². The third kappa shape index (κ3) is 1.79. The average molecular weight is 184 g/mol. The topological polar surface area (TPSA) is 80.1 Å². The summed E-state index contributed by atoms with van der Waals surface area (Å²) >= 11 is 3.46. The number of carbonyl (C=O) groups is 2. The van der Waals surface area contributed by atoms with E-state index in [1.165, 1.54) is 0 Å². The van der Waals surface area contributed by atoms with Gasteiger partial charge in [-0.1, -0.05) is 12.6 Å². The van der Waals surface area contributed by atoms with Crippen molar-refractivity contribution in [2.45, 2.75) is 0 Å². The summed E-state index contributed by atoms with van der Waals surface area (Å²) in [6.07, 6.45) is 2.11. The van der Waals surface area contributed by atoms with E-state index >= 15 is 0 Å². The zero-order valence-electron chi connectivity index (χ0n) is 5.76. The summed E-state index contributed by atoms with van der Waals surface area (Å²) < 4.78 is 0. The van der Waals surface area contributed by atoms with Gasteiger partial charge in [-0.25, -0.2) is 14.8 Å². The Morgan fingerprint density at radius 3 is 2.17 bits per heavy atom. The van der Waals surface area contributed by atoms with Crippen molar-refractivity contribution in [2.24, 2.45) is 0 Å². The molecule has 1 aromatic heterocycles. The number of carboxylic acid groups (broad SMARTS) is 1. The van der Waals surface area contributed by atoms with Crippen molar-refractivity contribution in [1.29, 1.82) is 0 Å². The maximum absolute atomic E-state index is 10.5. The van der Waals surface area contributed by atoms with Gasteiger partial charge in [-0.3, -0.25) is 4.79 Å². The summed E-state index contributed by atoms with van der Waals surface area (Å²) in [7, 11) is 0. The lowest BCUT2D eigenvalue weighted by atomic mass is 10.3. The van der Waals surface area contributed by atoms with Crippen molar-refractivity contribution in [3.05, 3.63) is 23.8 Å². The molecule has 0 amide bonds. The number of carboxylic acids is 1. The fourth-order valence-electron chi connectivity index (χ4n) is 0.549. The van der Waals surface area contributed by atoms with Gasteiger partial charge in [0.05, 0.1) is 5.56 Å². The average Bonchev–Trinajstić information content (AvgIpc) is 2.04. The van der Waals surface area contributed by atoms with Crippen molar-refractivity contribution in [1.82, 2.24) is 9.97 Å². The molecule has 62 valence electrons. The Balaban J connectivity index is 3.01. The van der Waals surface area contributed by atoms with Gasteiger partial charge in [-0.15, -0.1) is 0 Å².